The van der Waals surface area contributed by atoms with Crippen LogP contribution in [0.5, 0.6) is 0 Å². The lowest BCUT2D eigenvalue weighted by molar-refractivity contribution is 0.684. The number of nitrogens with zero attached hydrogens (tertiary/aromatic N) is 1. The average Bonchev–Trinajstić information content (AvgIpc) is 2.69. The molecule has 1 aromatic heterocycles. The van der Waals surface area contributed by atoms with Crippen LogP contribution in [0.3, 0.4) is 0 Å². The second-order valence-electron chi connectivity index (χ2n) is 4.81. The molecule has 0 aliphatic carbocycles. The molecule has 0 saturated heterocycles. The Kier molecular flexibility index (Phi) is 4.50. The summed E-state index contributed by atoms with van der Waals surface area (Å²) >= 11 is 1.75. The van der Waals surface area contributed by atoms with Crippen molar-refractivity contribution in [1.82, 2.24) is 10.3 Å². The van der Waals surface area contributed by atoms with Crippen LogP contribution in [0.4, 0.5) is 0 Å². The van der Waals surface area contributed by atoms with Crippen LogP contribution in [0.2, 0.25) is 0 Å². The van der Waals surface area contributed by atoms with E-state index in [1.807, 2.05) is 6.92 Å². The Balaban J connectivity index is 1.78. The summed E-state index contributed by atoms with van der Waals surface area (Å²) in [5.41, 5.74) is 5.16. The van der Waals surface area contributed by atoms with Crippen LogP contribution in [-0.2, 0) is 13.0 Å². The molecule has 96 valence electrons. The number of hydrogen-bond acceptors (Lipinski definition) is 3. The second-order valence-corrected chi connectivity index (χ2v) is 5.75. The van der Waals surface area contributed by atoms with Crippen LogP contribution in [0, 0.1) is 20.8 Å². The molecule has 0 atom stereocenters. The number of thiazole rings is 1. The molecule has 2 rings (SSSR count). The van der Waals surface area contributed by atoms with Crippen molar-refractivity contribution in [3.8, 4) is 0 Å². The minimum absolute atomic E-state index is 0.937. The van der Waals surface area contributed by atoms with Crippen molar-refractivity contribution in [2.24, 2.45) is 0 Å². The topological polar surface area (TPSA) is 24.9 Å². The summed E-state index contributed by atoms with van der Waals surface area (Å²) in [5.74, 6) is 0. The third-order valence-corrected chi connectivity index (χ3v) is 3.82. The summed E-state index contributed by atoms with van der Waals surface area (Å²) in [6.07, 6.45) is 1.02. The fraction of sp³-hybridized carbons (Fsp3) is 0.400. The van der Waals surface area contributed by atoms with Gasteiger partial charge in [0.05, 0.1) is 5.01 Å². The lowest BCUT2D eigenvalue weighted by Gasteiger charge is -2.06. The lowest BCUT2D eigenvalue weighted by Crippen LogP contribution is -2.16. The number of aromatic nitrogens is 1. The van der Waals surface area contributed by atoms with Crippen molar-refractivity contribution in [2.45, 2.75) is 33.7 Å². The van der Waals surface area contributed by atoms with Crippen molar-refractivity contribution < 1.29 is 0 Å². The van der Waals surface area contributed by atoms with E-state index in [0.717, 1.165) is 25.2 Å². The maximum Gasteiger partial charge on any atom is 0.0940 e. The van der Waals surface area contributed by atoms with E-state index in [-0.39, 0.29) is 0 Å². The van der Waals surface area contributed by atoms with Crippen molar-refractivity contribution in [3.63, 3.8) is 0 Å². The third-order valence-electron chi connectivity index (χ3n) is 2.79. The molecule has 0 spiro atoms. The van der Waals surface area contributed by atoms with Gasteiger partial charge in [-0.15, -0.1) is 11.3 Å². The first-order valence-electron chi connectivity index (χ1n) is 6.32. The van der Waals surface area contributed by atoms with E-state index in [0.29, 0.717) is 0 Å². The highest BCUT2D eigenvalue weighted by Gasteiger charge is 1.99. The van der Waals surface area contributed by atoms with Crippen molar-refractivity contribution in [1.29, 1.82) is 0 Å². The van der Waals surface area contributed by atoms with Crippen molar-refractivity contribution in [2.75, 3.05) is 6.54 Å². The Hall–Kier alpha value is -1.19. The fourth-order valence-corrected chi connectivity index (χ4v) is 2.89. The van der Waals surface area contributed by atoms with E-state index in [4.69, 9.17) is 0 Å². The molecule has 1 N–H and O–H groups in total. The van der Waals surface area contributed by atoms with Gasteiger partial charge in [-0.25, -0.2) is 4.98 Å². The van der Waals surface area contributed by atoms with Gasteiger partial charge in [-0.05, 0) is 26.3 Å². The Labute approximate surface area is 113 Å². The first-order chi connectivity index (χ1) is 8.63. The molecule has 1 heterocycles. The highest BCUT2D eigenvalue weighted by molar-refractivity contribution is 7.09. The third kappa shape index (κ3) is 3.93. The number of nitrogens with one attached hydrogen (secondary N) is 1. The molecular weight excluding hydrogens is 240 g/mol. The van der Waals surface area contributed by atoms with Crippen LogP contribution in [-0.4, -0.2) is 11.5 Å². The van der Waals surface area contributed by atoms with Gasteiger partial charge in [-0.1, -0.05) is 29.3 Å². The first-order valence-corrected chi connectivity index (χ1v) is 7.20. The zero-order valence-corrected chi connectivity index (χ0v) is 12.1. The number of hydrogen-bond donors (Lipinski definition) is 1. The molecule has 0 aliphatic rings. The van der Waals surface area contributed by atoms with Gasteiger partial charge in [-0.2, -0.15) is 0 Å². The molecule has 3 heteroatoms. The quantitative estimate of drug-likeness (QED) is 0.833. The summed E-state index contributed by atoms with van der Waals surface area (Å²) in [4.78, 5) is 4.46. The van der Waals surface area contributed by atoms with Gasteiger partial charge in [0.15, 0.2) is 0 Å². The smallest absolute Gasteiger partial charge is 0.0940 e. The SMILES string of the molecule is Cc1cc(C)cc(CNCCc2nc(C)cs2)c1. The van der Waals surface area contributed by atoms with Gasteiger partial charge < -0.3 is 5.32 Å². The summed E-state index contributed by atoms with van der Waals surface area (Å²) in [5, 5.41) is 6.81. The van der Waals surface area contributed by atoms with Gasteiger partial charge >= 0.3 is 0 Å². The molecule has 0 fully saturated rings. The highest BCUT2D eigenvalue weighted by Crippen LogP contribution is 2.10. The molecular formula is C15H20N2S. The van der Waals surface area contributed by atoms with E-state index < -0.39 is 0 Å². The maximum atomic E-state index is 4.46. The van der Waals surface area contributed by atoms with E-state index >= 15 is 0 Å². The molecule has 2 nitrogen and oxygen atoms in total. The monoisotopic (exact) mass is 260 g/mol. The van der Waals surface area contributed by atoms with Crippen LogP contribution < -0.4 is 5.32 Å². The van der Waals surface area contributed by atoms with Gasteiger partial charge in [0.25, 0.3) is 0 Å². The number of rotatable bonds is 5. The molecule has 0 radical (unpaired) electrons. The summed E-state index contributed by atoms with van der Waals surface area (Å²) in [7, 11) is 0. The van der Waals surface area contributed by atoms with Crippen LogP contribution in [0.25, 0.3) is 0 Å². The normalized spacial score (nSPS) is 10.8. The Bertz CT molecular complexity index is 497. The molecule has 0 amide bonds. The minimum Gasteiger partial charge on any atom is -0.312 e. The van der Waals surface area contributed by atoms with Crippen molar-refractivity contribution >= 4 is 11.3 Å². The average molecular weight is 260 g/mol. The van der Waals surface area contributed by atoms with Crippen LogP contribution in [0.1, 0.15) is 27.4 Å². The van der Waals surface area contributed by atoms with Crippen molar-refractivity contribution in [3.05, 3.63) is 51.0 Å². The van der Waals surface area contributed by atoms with E-state index in [2.05, 4.69) is 47.7 Å². The van der Waals surface area contributed by atoms with Gasteiger partial charge in [0, 0.05) is 30.6 Å². The fourth-order valence-electron chi connectivity index (χ4n) is 2.12. The Morgan fingerprint density at radius 2 is 1.83 bits per heavy atom. The van der Waals surface area contributed by atoms with Crippen LogP contribution in [0.15, 0.2) is 23.6 Å². The molecule has 0 unspecified atom stereocenters. The first kappa shape index (κ1) is 13.2. The van der Waals surface area contributed by atoms with Gasteiger partial charge in [0.2, 0.25) is 0 Å². The Morgan fingerprint density at radius 3 is 2.44 bits per heavy atom. The lowest BCUT2D eigenvalue weighted by atomic mass is 10.1. The molecule has 0 aliphatic heterocycles. The zero-order chi connectivity index (χ0) is 13.0. The molecule has 0 bridgehead atoms. The summed E-state index contributed by atoms with van der Waals surface area (Å²) in [6.45, 7) is 8.26. The molecule has 2 aromatic rings. The van der Waals surface area contributed by atoms with E-state index in [9.17, 15) is 0 Å². The standard InChI is InChI=1S/C15H20N2S/c1-11-6-12(2)8-14(7-11)9-16-5-4-15-17-13(3)10-18-15/h6-8,10,16H,4-5,9H2,1-3H3. The van der Waals surface area contributed by atoms with Gasteiger partial charge in [0.1, 0.15) is 0 Å². The predicted molar refractivity (Wildman–Crippen MR) is 78.2 cm³/mol. The maximum absolute atomic E-state index is 4.46. The molecule has 18 heavy (non-hydrogen) atoms. The summed E-state index contributed by atoms with van der Waals surface area (Å²) in [6, 6.07) is 6.70. The number of aryl methyl sites for hydroxylation is 3. The zero-order valence-electron chi connectivity index (χ0n) is 11.3. The summed E-state index contributed by atoms with van der Waals surface area (Å²) < 4.78 is 0. The van der Waals surface area contributed by atoms with Gasteiger partial charge in [-0.3, -0.25) is 0 Å². The second kappa shape index (κ2) is 6.12. The highest BCUT2D eigenvalue weighted by atomic mass is 32.1. The molecule has 1 aromatic carbocycles. The van der Waals surface area contributed by atoms with E-state index in [1.165, 1.54) is 21.7 Å². The van der Waals surface area contributed by atoms with E-state index in [1.54, 1.807) is 11.3 Å². The minimum atomic E-state index is 0.937. The largest absolute Gasteiger partial charge is 0.312 e. The molecule has 0 saturated carbocycles. The number of benzene rings is 1. The Morgan fingerprint density at radius 1 is 1.11 bits per heavy atom. The predicted octanol–water partition coefficient (Wildman–Crippen LogP) is 3.40. The van der Waals surface area contributed by atoms with Crippen LogP contribution >= 0.6 is 11.3 Å².